The number of aryl methyl sites for hydroxylation is 3. The van der Waals surface area contributed by atoms with E-state index in [1.165, 1.54) is 16.1 Å². The van der Waals surface area contributed by atoms with Gasteiger partial charge in [0.05, 0.1) is 16.9 Å². The van der Waals surface area contributed by atoms with Gasteiger partial charge in [-0.05, 0) is 20.3 Å². The largest absolute Gasteiger partial charge is 0.305 e. The van der Waals surface area contributed by atoms with Gasteiger partial charge >= 0.3 is 0 Å². The van der Waals surface area contributed by atoms with E-state index < -0.39 is 0 Å². The van der Waals surface area contributed by atoms with Crippen LogP contribution in [0.25, 0.3) is 0 Å². The van der Waals surface area contributed by atoms with Gasteiger partial charge in [0, 0.05) is 36.3 Å². The Bertz CT molecular complexity index is 515. The number of nitrogens with zero attached hydrogens (tertiary/aromatic N) is 3. The maximum absolute atomic E-state index is 4.45. The molecular formula is C13H20N4S. The van der Waals surface area contributed by atoms with E-state index in [1.807, 2.05) is 17.2 Å². The summed E-state index contributed by atoms with van der Waals surface area (Å²) in [6.07, 6.45) is 3.07. The summed E-state index contributed by atoms with van der Waals surface area (Å²) < 4.78 is 1.89. The Kier molecular flexibility index (Phi) is 4.14. The fraction of sp³-hybridized carbons (Fsp3) is 0.538. The van der Waals surface area contributed by atoms with Gasteiger partial charge in [0.2, 0.25) is 0 Å². The van der Waals surface area contributed by atoms with Crippen LogP contribution in [0.4, 0.5) is 0 Å². The van der Waals surface area contributed by atoms with Crippen LogP contribution < -0.4 is 5.32 Å². The molecular weight excluding hydrogens is 244 g/mol. The number of nitrogens with one attached hydrogen (secondary N) is 1. The van der Waals surface area contributed by atoms with Gasteiger partial charge in [-0.25, -0.2) is 4.98 Å². The van der Waals surface area contributed by atoms with Crippen LogP contribution in [0.3, 0.4) is 0 Å². The van der Waals surface area contributed by atoms with Crippen LogP contribution in [0.15, 0.2) is 11.7 Å². The van der Waals surface area contributed by atoms with Crippen LogP contribution in [0.1, 0.15) is 41.7 Å². The Hall–Kier alpha value is -1.20. The van der Waals surface area contributed by atoms with Crippen molar-refractivity contribution in [1.82, 2.24) is 20.1 Å². The molecule has 0 amide bonds. The van der Waals surface area contributed by atoms with Gasteiger partial charge in [0.1, 0.15) is 0 Å². The molecule has 0 radical (unpaired) electrons. The minimum atomic E-state index is 0.336. The molecule has 0 saturated carbocycles. The van der Waals surface area contributed by atoms with Gasteiger partial charge < -0.3 is 5.32 Å². The molecule has 0 fully saturated rings. The van der Waals surface area contributed by atoms with E-state index in [0.29, 0.717) is 6.04 Å². The predicted molar refractivity (Wildman–Crippen MR) is 74.7 cm³/mol. The first-order valence-electron chi connectivity index (χ1n) is 6.26. The van der Waals surface area contributed by atoms with Crippen molar-refractivity contribution in [3.8, 4) is 0 Å². The topological polar surface area (TPSA) is 42.7 Å². The molecule has 0 bridgehead atoms. The smallest absolute Gasteiger partial charge is 0.0798 e. The summed E-state index contributed by atoms with van der Waals surface area (Å²) in [5.74, 6) is 0. The second-order valence-electron chi connectivity index (χ2n) is 4.53. The van der Waals surface area contributed by atoms with Crippen LogP contribution in [0, 0.1) is 6.92 Å². The maximum Gasteiger partial charge on any atom is 0.0798 e. The monoisotopic (exact) mass is 264 g/mol. The third kappa shape index (κ3) is 2.79. The molecule has 0 spiro atoms. The molecule has 4 nitrogen and oxygen atoms in total. The molecule has 0 aromatic carbocycles. The van der Waals surface area contributed by atoms with Crippen molar-refractivity contribution < 1.29 is 0 Å². The van der Waals surface area contributed by atoms with Crippen molar-refractivity contribution in [2.45, 2.75) is 39.8 Å². The molecule has 1 atom stereocenters. The van der Waals surface area contributed by atoms with Crippen LogP contribution in [-0.2, 0) is 20.0 Å². The van der Waals surface area contributed by atoms with Crippen LogP contribution in [0.5, 0.6) is 0 Å². The Morgan fingerprint density at radius 1 is 1.50 bits per heavy atom. The van der Waals surface area contributed by atoms with Crippen molar-refractivity contribution in [3.63, 3.8) is 0 Å². The summed E-state index contributed by atoms with van der Waals surface area (Å²) >= 11 is 1.71. The van der Waals surface area contributed by atoms with Crippen molar-refractivity contribution in [2.75, 3.05) is 0 Å². The quantitative estimate of drug-likeness (QED) is 0.902. The highest BCUT2D eigenvalue weighted by Crippen LogP contribution is 2.21. The zero-order valence-corrected chi connectivity index (χ0v) is 12.2. The number of rotatable bonds is 5. The van der Waals surface area contributed by atoms with E-state index in [1.54, 1.807) is 11.3 Å². The second kappa shape index (κ2) is 5.63. The summed E-state index contributed by atoms with van der Waals surface area (Å²) in [6, 6.07) is 0.336. The van der Waals surface area contributed by atoms with E-state index >= 15 is 0 Å². The maximum atomic E-state index is 4.45. The Labute approximate surface area is 112 Å². The highest BCUT2D eigenvalue weighted by Gasteiger charge is 2.12. The zero-order chi connectivity index (χ0) is 13.1. The lowest BCUT2D eigenvalue weighted by atomic mass is 10.2. The number of aromatic nitrogens is 3. The molecule has 2 aromatic heterocycles. The fourth-order valence-electron chi connectivity index (χ4n) is 2.11. The summed E-state index contributed by atoms with van der Waals surface area (Å²) in [6.45, 7) is 7.24. The lowest BCUT2D eigenvalue weighted by Crippen LogP contribution is -2.18. The molecule has 0 saturated heterocycles. The average Bonchev–Trinajstić information content (AvgIpc) is 2.92. The molecule has 1 unspecified atom stereocenters. The number of hydrogen-bond acceptors (Lipinski definition) is 4. The van der Waals surface area contributed by atoms with Gasteiger partial charge in [-0.15, -0.1) is 11.3 Å². The minimum Gasteiger partial charge on any atom is -0.305 e. The van der Waals surface area contributed by atoms with E-state index in [2.05, 4.69) is 42.4 Å². The lowest BCUT2D eigenvalue weighted by molar-refractivity contribution is 0.577. The molecule has 5 heteroatoms. The van der Waals surface area contributed by atoms with Gasteiger partial charge in [-0.1, -0.05) is 6.92 Å². The molecule has 0 aliphatic heterocycles. The van der Waals surface area contributed by atoms with E-state index in [4.69, 9.17) is 0 Å². The zero-order valence-electron chi connectivity index (χ0n) is 11.4. The molecule has 2 heterocycles. The van der Waals surface area contributed by atoms with Crippen molar-refractivity contribution in [1.29, 1.82) is 0 Å². The minimum absolute atomic E-state index is 0.336. The average molecular weight is 264 g/mol. The highest BCUT2D eigenvalue weighted by atomic mass is 32.1. The number of thiazole rings is 1. The summed E-state index contributed by atoms with van der Waals surface area (Å²) in [7, 11) is 1.97. The van der Waals surface area contributed by atoms with Gasteiger partial charge in [0.25, 0.3) is 0 Å². The molecule has 18 heavy (non-hydrogen) atoms. The summed E-state index contributed by atoms with van der Waals surface area (Å²) in [5, 5.41) is 8.00. The SMILES string of the molecule is CCc1nn(C)cc1CNC(C)c1scnc1C. The highest BCUT2D eigenvalue weighted by molar-refractivity contribution is 7.09. The van der Waals surface area contributed by atoms with Crippen molar-refractivity contribution >= 4 is 11.3 Å². The Balaban J connectivity index is 2.01. The third-order valence-electron chi connectivity index (χ3n) is 3.10. The third-order valence-corrected chi connectivity index (χ3v) is 4.21. The van der Waals surface area contributed by atoms with Crippen molar-refractivity contribution in [2.24, 2.45) is 7.05 Å². The lowest BCUT2D eigenvalue weighted by Gasteiger charge is -2.12. The van der Waals surface area contributed by atoms with E-state index in [9.17, 15) is 0 Å². The first-order chi connectivity index (χ1) is 8.61. The molecule has 2 aromatic rings. The second-order valence-corrected chi connectivity index (χ2v) is 5.42. The Morgan fingerprint density at radius 2 is 2.28 bits per heavy atom. The van der Waals surface area contributed by atoms with E-state index in [0.717, 1.165) is 18.7 Å². The van der Waals surface area contributed by atoms with Crippen LogP contribution in [0.2, 0.25) is 0 Å². The summed E-state index contributed by atoms with van der Waals surface area (Å²) in [5.41, 5.74) is 5.50. The standard InChI is InChI=1S/C13H20N4S/c1-5-12-11(7-17(4)16-12)6-14-9(2)13-10(3)15-8-18-13/h7-9,14H,5-6H2,1-4H3. The predicted octanol–water partition coefficient (Wildman–Crippen LogP) is 2.60. The normalized spacial score (nSPS) is 12.9. The fourth-order valence-corrected chi connectivity index (χ4v) is 2.95. The first kappa shape index (κ1) is 13.2. The molecule has 2 rings (SSSR count). The molecule has 1 N–H and O–H groups in total. The summed E-state index contributed by atoms with van der Waals surface area (Å²) in [4.78, 5) is 5.61. The van der Waals surface area contributed by atoms with Crippen molar-refractivity contribution in [3.05, 3.63) is 33.5 Å². The molecule has 0 aliphatic rings. The van der Waals surface area contributed by atoms with Crippen LogP contribution in [-0.4, -0.2) is 14.8 Å². The van der Waals surface area contributed by atoms with Gasteiger partial charge in [0.15, 0.2) is 0 Å². The molecule has 0 aliphatic carbocycles. The van der Waals surface area contributed by atoms with E-state index in [-0.39, 0.29) is 0 Å². The van der Waals surface area contributed by atoms with Gasteiger partial charge in [-0.2, -0.15) is 5.10 Å². The number of hydrogen-bond donors (Lipinski definition) is 1. The first-order valence-corrected chi connectivity index (χ1v) is 7.14. The molecule has 98 valence electrons. The Morgan fingerprint density at radius 3 is 2.89 bits per heavy atom. The van der Waals surface area contributed by atoms with Gasteiger partial charge in [-0.3, -0.25) is 4.68 Å². The van der Waals surface area contributed by atoms with Crippen LogP contribution >= 0.6 is 11.3 Å².